The highest BCUT2D eigenvalue weighted by molar-refractivity contribution is 8.14. The summed E-state index contributed by atoms with van der Waals surface area (Å²) < 4.78 is 13.9. The van der Waals surface area contributed by atoms with E-state index in [0.29, 0.717) is 36.1 Å². The van der Waals surface area contributed by atoms with Gasteiger partial charge in [-0.1, -0.05) is 42.8 Å². The van der Waals surface area contributed by atoms with E-state index in [1.165, 1.54) is 12.8 Å². The Bertz CT molecular complexity index is 1070. The number of fused-ring (bicyclic) bond motifs is 2. The number of carbonyl (C=O) groups excluding carboxylic acids is 1. The van der Waals surface area contributed by atoms with Gasteiger partial charge in [0, 0.05) is 36.8 Å². The van der Waals surface area contributed by atoms with Crippen LogP contribution in [0.25, 0.3) is 6.08 Å². The van der Waals surface area contributed by atoms with Crippen molar-refractivity contribution in [3.05, 3.63) is 35.9 Å². The Morgan fingerprint density at radius 1 is 1.26 bits per heavy atom. The Morgan fingerprint density at radius 3 is 2.74 bits per heavy atom. The molecule has 4 atom stereocenters. The number of carbonyl (C=O) groups is 1. The summed E-state index contributed by atoms with van der Waals surface area (Å²) in [5, 5.41) is 3.99. The molecule has 2 aliphatic heterocycles. The molecule has 0 spiro atoms. The first kappa shape index (κ1) is 28.6. The second-order valence-electron chi connectivity index (χ2n) is 11.6. The Labute approximate surface area is 237 Å². The maximum Gasteiger partial charge on any atom is 0.229 e. The average Bonchev–Trinajstić information content (AvgIpc) is 3.67. The predicted octanol–water partition coefficient (Wildman–Crippen LogP) is 4.70. The molecule has 1 aromatic heterocycles. The van der Waals surface area contributed by atoms with E-state index in [2.05, 4.69) is 38.8 Å². The molecule has 2 saturated carbocycles. The van der Waals surface area contributed by atoms with Gasteiger partial charge in [0.1, 0.15) is 12.4 Å². The molecule has 2 bridgehead atoms. The molecule has 0 aromatic carbocycles. The van der Waals surface area contributed by atoms with Gasteiger partial charge in [-0.05, 0) is 59.0 Å². The zero-order chi connectivity index (χ0) is 27.4. The molecule has 8 nitrogen and oxygen atoms in total. The van der Waals surface area contributed by atoms with Crippen LogP contribution in [0.1, 0.15) is 77.2 Å². The van der Waals surface area contributed by atoms with Crippen molar-refractivity contribution in [1.82, 2.24) is 19.8 Å². The van der Waals surface area contributed by atoms with Crippen LogP contribution in [0.4, 0.5) is 0 Å². The number of aromatic nitrogens is 2. The van der Waals surface area contributed by atoms with Crippen LogP contribution < -0.4 is 5.32 Å². The van der Waals surface area contributed by atoms with Gasteiger partial charge in [-0.2, -0.15) is 0 Å². The van der Waals surface area contributed by atoms with E-state index in [-0.39, 0.29) is 23.1 Å². The monoisotopic (exact) mass is 555 g/mol. The number of rotatable bonds is 10. The molecule has 1 N–H and O–H groups in total. The maximum absolute atomic E-state index is 13.2. The molecule has 2 aliphatic carbocycles. The van der Waals surface area contributed by atoms with Gasteiger partial charge >= 0.3 is 0 Å². The molecule has 4 unspecified atom stereocenters. The van der Waals surface area contributed by atoms with Crippen LogP contribution >= 0.6 is 11.8 Å². The van der Waals surface area contributed by atoms with Crippen molar-refractivity contribution in [3.8, 4) is 0 Å². The van der Waals surface area contributed by atoms with Crippen molar-refractivity contribution in [1.29, 1.82) is 0 Å². The fourth-order valence-corrected chi connectivity index (χ4v) is 7.10. The summed E-state index contributed by atoms with van der Waals surface area (Å²) >= 11 is 1.59. The molecular weight excluding hydrogens is 510 g/mol. The van der Waals surface area contributed by atoms with Gasteiger partial charge in [-0.3, -0.25) is 14.7 Å². The largest absolute Gasteiger partial charge is 0.375 e. The van der Waals surface area contributed by atoms with Gasteiger partial charge in [0.2, 0.25) is 5.91 Å². The number of amides is 1. The average molecular weight is 556 g/mol. The first-order valence-corrected chi connectivity index (χ1v) is 15.6. The number of morpholine rings is 1. The second-order valence-corrected chi connectivity index (χ2v) is 13.0. The Hall–Kier alpha value is -1.94. The van der Waals surface area contributed by atoms with Gasteiger partial charge in [-0.25, -0.2) is 4.98 Å². The summed E-state index contributed by atoms with van der Waals surface area (Å²) in [7, 11) is 2.04. The van der Waals surface area contributed by atoms with E-state index in [9.17, 15) is 4.79 Å². The van der Waals surface area contributed by atoms with Crippen LogP contribution in [-0.2, 0) is 27.9 Å². The number of hydrogen-bond donors (Lipinski definition) is 1. The number of allylic oxidation sites excluding steroid dienone is 1. The summed E-state index contributed by atoms with van der Waals surface area (Å²) in [6, 6.07) is 1.08. The third kappa shape index (κ3) is 7.23. The van der Waals surface area contributed by atoms with Gasteiger partial charge in [0.15, 0.2) is 5.17 Å². The van der Waals surface area contributed by atoms with Crippen molar-refractivity contribution >= 4 is 28.9 Å². The van der Waals surface area contributed by atoms with Crippen LogP contribution in [0.3, 0.4) is 0 Å². The van der Waals surface area contributed by atoms with Gasteiger partial charge in [-0.15, -0.1) is 0 Å². The first-order valence-electron chi connectivity index (χ1n) is 14.8. The van der Waals surface area contributed by atoms with E-state index < -0.39 is 0 Å². The third-order valence-electron chi connectivity index (χ3n) is 8.62. The lowest BCUT2D eigenvalue weighted by molar-refractivity contribution is -0.129. The van der Waals surface area contributed by atoms with Crippen molar-refractivity contribution in [3.63, 3.8) is 0 Å². The molecule has 2 saturated heterocycles. The highest BCUT2D eigenvalue weighted by atomic mass is 32.2. The lowest BCUT2D eigenvalue weighted by atomic mass is 9.78. The highest BCUT2D eigenvalue weighted by Gasteiger charge is 2.47. The lowest BCUT2D eigenvalue weighted by Gasteiger charge is -2.43. The Morgan fingerprint density at radius 2 is 2.05 bits per heavy atom. The zero-order valence-corrected chi connectivity index (χ0v) is 24.7. The third-order valence-corrected chi connectivity index (χ3v) is 9.58. The van der Waals surface area contributed by atoms with Crippen LogP contribution in [-0.4, -0.2) is 74.3 Å². The van der Waals surface area contributed by atoms with Gasteiger partial charge < -0.3 is 19.4 Å². The minimum absolute atomic E-state index is 0.00256. The number of nitrogens with one attached hydrogen (secondary N) is 1. The van der Waals surface area contributed by atoms with E-state index in [0.717, 1.165) is 56.8 Å². The van der Waals surface area contributed by atoms with Gasteiger partial charge in [0.05, 0.1) is 36.7 Å². The minimum Gasteiger partial charge on any atom is -0.375 e. The van der Waals surface area contributed by atoms with Crippen molar-refractivity contribution in [2.75, 3.05) is 13.2 Å². The van der Waals surface area contributed by atoms with Crippen LogP contribution in [0.15, 0.2) is 29.4 Å². The van der Waals surface area contributed by atoms with Crippen LogP contribution in [0, 0.1) is 5.92 Å². The molecule has 1 amide bonds. The number of nitrogens with zero attached hydrogens (tertiary/aromatic N) is 4. The maximum atomic E-state index is 13.2. The molecule has 0 radical (unpaired) electrons. The smallest absolute Gasteiger partial charge is 0.229 e. The molecule has 3 heterocycles. The first-order chi connectivity index (χ1) is 18.9. The number of imidazole rings is 1. The standard InChI is InChI=1S/C30H45N5O3S/c1-5-8-20(2)32-30(33-29(36)22-13-24(14-22)35-17-27-15-25(35)18-37-27)39-21(3)11-12-23-16-31-28(34(23)4)19-38-26-9-6-7-10-26/h5,8,11-12,16,20-22,24-27H,6-7,9-10,13-15,17-19H2,1-4H3,(H,32,33,36)/b8-5-,12-11+. The van der Waals surface area contributed by atoms with E-state index in [1.54, 1.807) is 11.8 Å². The van der Waals surface area contributed by atoms with Crippen LogP contribution in [0.2, 0.25) is 0 Å². The fourth-order valence-electron chi connectivity index (χ4n) is 6.20. The summed E-state index contributed by atoms with van der Waals surface area (Å²) in [5.74, 6) is 1.10. The molecule has 1 aromatic rings. The lowest BCUT2D eigenvalue weighted by Crippen LogP contribution is -2.53. The Balaban J connectivity index is 1.14. The number of aliphatic imine (C=N–C) groups is 1. The summed E-state index contributed by atoms with van der Waals surface area (Å²) in [5.41, 5.74) is 1.04. The quantitative estimate of drug-likeness (QED) is 0.256. The van der Waals surface area contributed by atoms with Crippen molar-refractivity contribution < 1.29 is 14.3 Å². The Kier molecular flexibility index (Phi) is 9.64. The molecule has 4 fully saturated rings. The number of hydrogen-bond acceptors (Lipinski definition) is 7. The van der Waals surface area contributed by atoms with Crippen LogP contribution in [0.5, 0.6) is 0 Å². The minimum atomic E-state index is 0.00256. The number of ether oxygens (including phenoxy) is 2. The number of amidine groups is 1. The highest BCUT2D eigenvalue weighted by Crippen LogP contribution is 2.39. The van der Waals surface area contributed by atoms with E-state index >= 15 is 0 Å². The molecule has 5 rings (SSSR count). The van der Waals surface area contributed by atoms with Crippen molar-refractivity contribution in [2.24, 2.45) is 18.0 Å². The van der Waals surface area contributed by atoms with E-state index in [1.807, 2.05) is 39.2 Å². The molecule has 9 heteroatoms. The summed E-state index contributed by atoms with van der Waals surface area (Å²) in [4.78, 5) is 25.1. The summed E-state index contributed by atoms with van der Waals surface area (Å²) in [6.45, 7) is 8.61. The topological polar surface area (TPSA) is 81.0 Å². The van der Waals surface area contributed by atoms with Crippen molar-refractivity contribution in [2.45, 2.75) is 108 Å². The predicted molar refractivity (Wildman–Crippen MR) is 158 cm³/mol. The molecule has 4 aliphatic rings. The molecular formula is C30H45N5O3S. The second kappa shape index (κ2) is 13.1. The zero-order valence-electron chi connectivity index (χ0n) is 23.9. The van der Waals surface area contributed by atoms with E-state index in [4.69, 9.17) is 14.5 Å². The normalized spacial score (nSPS) is 29.5. The summed E-state index contributed by atoms with van der Waals surface area (Å²) in [6.07, 6.45) is 18.9. The fraction of sp³-hybridized carbons (Fsp3) is 0.700. The SMILES string of the molecule is C/C=C\C(C)N=C(NC(=O)C1CC(N2CC3CC2CO3)C1)SC(C)/C=C/c1cnc(COC2CCCC2)n1C. The number of likely N-dealkylation sites (tertiary alicyclic amines) is 1. The molecule has 39 heavy (non-hydrogen) atoms. The number of thioether (sulfide) groups is 1. The molecule has 214 valence electrons. The van der Waals surface area contributed by atoms with Gasteiger partial charge in [0.25, 0.3) is 0 Å².